The first-order valence-corrected chi connectivity index (χ1v) is 12.1. The summed E-state index contributed by atoms with van der Waals surface area (Å²) in [5.41, 5.74) is 1.03. The lowest BCUT2D eigenvalue weighted by Crippen LogP contribution is -2.16. The fraction of sp³-hybridized carbons (Fsp3) is 0.292. The molecule has 2 aromatic heterocycles. The molecule has 0 unspecified atom stereocenters. The highest BCUT2D eigenvalue weighted by Crippen LogP contribution is 2.41. The molecule has 0 aliphatic rings. The van der Waals surface area contributed by atoms with Gasteiger partial charge in [0.1, 0.15) is 5.82 Å². The van der Waals surface area contributed by atoms with Crippen LogP contribution in [-0.2, 0) is 10.0 Å². The third-order valence-electron chi connectivity index (χ3n) is 5.49. The molecule has 4 aromatic rings. The van der Waals surface area contributed by atoms with Crippen molar-refractivity contribution >= 4 is 37.6 Å². The van der Waals surface area contributed by atoms with Crippen molar-refractivity contribution in [1.29, 1.82) is 0 Å². The Morgan fingerprint density at radius 2 is 1.70 bits per heavy atom. The van der Waals surface area contributed by atoms with Crippen LogP contribution in [0.5, 0.6) is 11.5 Å². The van der Waals surface area contributed by atoms with E-state index in [-0.39, 0.29) is 4.90 Å². The highest BCUT2D eigenvalue weighted by Gasteiger charge is 2.26. The molecule has 2 aromatic carbocycles. The fourth-order valence-corrected chi connectivity index (χ4v) is 5.48. The summed E-state index contributed by atoms with van der Waals surface area (Å²) in [5.74, 6) is 1.60. The number of aromatic nitrogens is 2. The Morgan fingerprint density at radius 1 is 1.00 bits per heavy atom. The van der Waals surface area contributed by atoms with Gasteiger partial charge in [-0.25, -0.2) is 17.4 Å². The third-order valence-corrected chi connectivity index (χ3v) is 7.24. The van der Waals surface area contributed by atoms with Crippen molar-refractivity contribution in [3.8, 4) is 11.5 Å². The van der Waals surface area contributed by atoms with Crippen molar-refractivity contribution in [2.45, 2.75) is 11.3 Å². The molecule has 0 fully saturated rings. The van der Waals surface area contributed by atoms with E-state index in [0.29, 0.717) is 40.3 Å². The highest BCUT2D eigenvalue weighted by atomic mass is 32.2. The zero-order valence-corrected chi connectivity index (χ0v) is 20.0. The van der Waals surface area contributed by atoms with Gasteiger partial charge in [0.2, 0.25) is 0 Å². The largest absolute Gasteiger partial charge is 0.493 e. The Labute approximate surface area is 193 Å². The molecule has 33 heavy (non-hydrogen) atoms. The number of nitrogens with one attached hydrogen (secondary N) is 1. The summed E-state index contributed by atoms with van der Waals surface area (Å²) in [4.78, 5) is 6.86. The molecular formula is C24H28N4O4S. The van der Waals surface area contributed by atoms with Gasteiger partial charge in [0, 0.05) is 24.2 Å². The van der Waals surface area contributed by atoms with Crippen molar-refractivity contribution in [3.63, 3.8) is 0 Å². The van der Waals surface area contributed by atoms with E-state index in [9.17, 15) is 8.42 Å². The molecule has 2 heterocycles. The first-order chi connectivity index (χ1) is 15.9. The Kier molecular flexibility index (Phi) is 6.44. The van der Waals surface area contributed by atoms with E-state index in [1.54, 1.807) is 61.8 Å². The van der Waals surface area contributed by atoms with E-state index in [0.717, 1.165) is 18.4 Å². The lowest BCUT2D eigenvalue weighted by atomic mass is 10.1. The number of hydrogen-bond donors (Lipinski definition) is 1. The maximum absolute atomic E-state index is 13.8. The summed E-state index contributed by atoms with van der Waals surface area (Å²) in [6.45, 7) is 1.63. The van der Waals surface area contributed by atoms with Crippen LogP contribution in [0.25, 0.3) is 21.8 Å². The number of benzene rings is 2. The first-order valence-electron chi connectivity index (χ1n) is 10.6. The smallest absolute Gasteiger partial charge is 0.268 e. The monoisotopic (exact) mass is 468 g/mol. The number of hydrogen-bond acceptors (Lipinski definition) is 7. The molecule has 0 saturated heterocycles. The molecule has 174 valence electrons. The summed E-state index contributed by atoms with van der Waals surface area (Å²) in [7, 11) is 3.26. The van der Waals surface area contributed by atoms with Crippen LogP contribution in [0.4, 0.5) is 5.82 Å². The summed E-state index contributed by atoms with van der Waals surface area (Å²) in [6.07, 6.45) is 2.55. The molecule has 1 N–H and O–H groups in total. The molecule has 0 atom stereocenters. The minimum absolute atomic E-state index is 0.205. The minimum atomic E-state index is -3.89. The normalized spacial score (nSPS) is 11.9. The Balaban J connectivity index is 1.99. The van der Waals surface area contributed by atoms with Gasteiger partial charge in [0.05, 0.1) is 35.5 Å². The van der Waals surface area contributed by atoms with E-state index >= 15 is 0 Å². The molecule has 9 heteroatoms. The van der Waals surface area contributed by atoms with Crippen molar-refractivity contribution < 1.29 is 17.9 Å². The number of ether oxygens (including phenoxy) is 2. The average molecular weight is 469 g/mol. The van der Waals surface area contributed by atoms with Crippen LogP contribution >= 0.6 is 0 Å². The fourth-order valence-electron chi connectivity index (χ4n) is 3.95. The topological polar surface area (TPSA) is 85.7 Å². The Hall–Kier alpha value is -3.30. The standard InChI is InChI=1S/C24H28N4O4S/c1-27(2)14-8-12-25-24-23-18-15-21(31-3)22(32-4)16-20(18)28(19(23)11-13-26-24)33(29,30)17-9-6-5-7-10-17/h5-7,9-11,13,15-16H,8,12,14H2,1-4H3,(H,25,26). The number of fused-ring (bicyclic) bond motifs is 3. The number of pyridine rings is 1. The summed E-state index contributed by atoms with van der Waals surface area (Å²) in [6, 6.07) is 13.6. The van der Waals surface area contributed by atoms with E-state index in [2.05, 4.69) is 15.2 Å². The third kappa shape index (κ3) is 4.21. The maximum Gasteiger partial charge on any atom is 0.268 e. The summed E-state index contributed by atoms with van der Waals surface area (Å²) < 4.78 is 39.9. The second kappa shape index (κ2) is 9.29. The molecule has 4 rings (SSSR count). The van der Waals surface area contributed by atoms with E-state index in [4.69, 9.17) is 9.47 Å². The second-order valence-electron chi connectivity index (χ2n) is 7.94. The van der Waals surface area contributed by atoms with Crippen LogP contribution in [-0.4, -0.2) is 63.7 Å². The van der Waals surface area contributed by atoms with Gasteiger partial charge in [-0.3, -0.25) is 0 Å². The van der Waals surface area contributed by atoms with Crippen molar-refractivity contribution in [2.24, 2.45) is 0 Å². The molecule has 0 saturated carbocycles. The Bertz CT molecular complexity index is 1380. The zero-order valence-electron chi connectivity index (χ0n) is 19.2. The number of methoxy groups -OCH3 is 2. The summed E-state index contributed by atoms with van der Waals surface area (Å²) in [5, 5.41) is 4.82. The van der Waals surface area contributed by atoms with E-state index < -0.39 is 10.0 Å². The van der Waals surface area contributed by atoms with Crippen molar-refractivity contribution in [1.82, 2.24) is 13.9 Å². The summed E-state index contributed by atoms with van der Waals surface area (Å²) >= 11 is 0. The molecule has 8 nitrogen and oxygen atoms in total. The van der Waals surface area contributed by atoms with Crippen molar-refractivity contribution in [3.05, 3.63) is 54.7 Å². The van der Waals surface area contributed by atoms with Gasteiger partial charge in [0.15, 0.2) is 11.5 Å². The predicted octanol–water partition coefficient (Wildman–Crippen LogP) is 3.81. The SMILES string of the molecule is COc1cc2c3c(NCCCN(C)C)nccc3n(S(=O)(=O)c3ccccc3)c2cc1OC. The van der Waals surface area contributed by atoms with Gasteiger partial charge in [0.25, 0.3) is 10.0 Å². The van der Waals surface area contributed by atoms with Gasteiger partial charge in [-0.15, -0.1) is 0 Å². The average Bonchev–Trinajstić information content (AvgIpc) is 3.15. The molecule has 0 aliphatic carbocycles. The quantitative estimate of drug-likeness (QED) is 0.374. The van der Waals surface area contributed by atoms with E-state index in [1.165, 1.54) is 11.1 Å². The predicted molar refractivity (Wildman–Crippen MR) is 131 cm³/mol. The minimum Gasteiger partial charge on any atom is -0.493 e. The lowest BCUT2D eigenvalue weighted by Gasteiger charge is -2.11. The second-order valence-corrected chi connectivity index (χ2v) is 9.73. The van der Waals surface area contributed by atoms with Crippen LogP contribution in [0, 0.1) is 0 Å². The van der Waals surface area contributed by atoms with Crippen LogP contribution in [0.3, 0.4) is 0 Å². The van der Waals surface area contributed by atoms with Crippen LogP contribution < -0.4 is 14.8 Å². The molecule has 0 bridgehead atoms. The molecular weight excluding hydrogens is 440 g/mol. The van der Waals surface area contributed by atoms with Crippen molar-refractivity contribution in [2.75, 3.05) is 46.7 Å². The molecule has 0 aliphatic heterocycles. The van der Waals surface area contributed by atoms with Crippen LogP contribution in [0.1, 0.15) is 6.42 Å². The lowest BCUT2D eigenvalue weighted by molar-refractivity contribution is 0.356. The maximum atomic E-state index is 13.8. The molecule has 0 spiro atoms. The Morgan fingerprint density at radius 3 is 2.36 bits per heavy atom. The van der Waals surface area contributed by atoms with Gasteiger partial charge < -0.3 is 19.7 Å². The number of rotatable bonds is 9. The van der Waals surface area contributed by atoms with Gasteiger partial charge >= 0.3 is 0 Å². The molecule has 0 radical (unpaired) electrons. The van der Waals surface area contributed by atoms with Gasteiger partial charge in [-0.05, 0) is 51.3 Å². The number of anilines is 1. The van der Waals surface area contributed by atoms with Crippen LogP contribution in [0.15, 0.2) is 59.6 Å². The van der Waals surface area contributed by atoms with Gasteiger partial charge in [-0.2, -0.15) is 0 Å². The highest BCUT2D eigenvalue weighted by molar-refractivity contribution is 7.90. The zero-order chi connectivity index (χ0) is 23.6. The van der Waals surface area contributed by atoms with E-state index in [1.807, 2.05) is 14.1 Å². The molecule has 0 amide bonds. The number of nitrogens with zero attached hydrogens (tertiary/aromatic N) is 3. The van der Waals surface area contributed by atoms with Gasteiger partial charge in [-0.1, -0.05) is 18.2 Å². The van der Waals surface area contributed by atoms with Crippen LogP contribution in [0.2, 0.25) is 0 Å². The first kappa shape index (κ1) is 22.9.